The van der Waals surface area contributed by atoms with Gasteiger partial charge >= 0.3 is 0 Å². The van der Waals surface area contributed by atoms with Gasteiger partial charge < -0.3 is 120 Å². The number of carbonyl (C=O) groups excluding carboxylic acids is 2. The van der Waals surface area contributed by atoms with Crippen LogP contribution in [0.1, 0.15) is 27.7 Å². The van der Waals surface area contributed by atoms with Crippen LogP contribution >= 0.6 is 0 Å². The number of rotatable bonds is 13. The van der Waals surface area contributed by atoms with Crippen LogP contribution in [0.3, 0.4) is 0 Å². The number of aliphatic hydroxyl groups excluding tert-OH is 13. The molecule has 60 heavy (non-hydrogen) atoms. The minimum absolute atomic E-state index is 0.714. The number of hydrogen-bond donors (Lipinski definition) is 15. The van der Waals surface area contributed by atoms with Crippen LogP contribution in [0.15, 0.2) is 0 Å². The van der Waals surface area contributed by atoms with Gasteiger partial charge in [0.05, 0.1) is 32.0 Å². The quantitative estimate of drug-likeness (QED) is 0.0817. The highest BCUT2D eigenvalue weighted by atomic mass is 16.8. The summed E-state index contributed by atoms with van der Waals surface area (Å²) < 4.78 is 51.5. The number of aliphatic hydroxyl groups is 13. The Morgan fingerprint density at radius 1 is 0.467 bits per heavy atom. The summed E-state index contributed by atoms with van der Waals surface area (Å²) in [5.74, 6) is -1.47. The van der Waals surface area contributed by atoms with Crippen LogP contribution in [0, 0.1) is 0 Å². The second-order valence-corrected chi connectivity index (χ2v) is 15.4. The smallest absolute Gasteiger partial charge is 0.217 e. The van der Waals surface area contributed by atoms with Gasteiger partial charge in [-0.25, -0.2) is 0 Å². The molecule has 15 N–H and O–H groups in total. The zero-order chi connectivity index (χ0) is 44.5. The van der Waals surface area contributed by atoms with Gasteiger partial charge in [-0.2, -0.15) is 0 Å². The Labute approximate surface area is 342 Å². The third-order valence-corrected chi connectivity index (χ3v) is 11.0. The summed E-state index contributed by atoms with van der Waals surface area (Å²) in [6.45, 7) is 2.37. The maximum Gasteiger partial charge on any atom is 0.217 e. The molecule has 26 nitrogen and oxygen atoms in total. The third-order valence-electron chi connectivity index (χ3n) is 11.0. The summed E-state index contributed by atoms with van der Waals surface area (Å²) in [7, 11) is 0. The number of amides is 2. The largest absolute Gasteiger partial charge is 0.394 e. The molecular weight excluding hydrogens is 820 g/mol. The van der Waals surface area contributed by atoms with Crippen molar-refractivity contribution in [2.45, 2.75) is 181 Å². The van der Waals surface area contributed by atoms with Crippen LogP contribution in [0.25, 0.3) is 0 Å². The van der Waals surface area contributed by atoms with Crippen molar-refractivity contribution in [2.75, 3.05) is 19.8 Å². The molecule has 2 amide bonds. The SMILES string of the molecule is CC(=O)N[C@H]1[C@H](OC[C@H]2OC(O)[C@H](NC(C)=O)[C@@H](O[C@@H]3O[C@H](CO)[C@H](O)[C@H](O)[C@H]3O[C@@H]3O[C@@H](C)[C@@H](O)[C@@H](O)[C@@H]3O)[C@H]2O)O[C@H](CO)[C@@H](O)[C@@H]1O[C@@H]1O[C@@H](C)[C@@H](O)[C@@H](O)[C@@H]1O. The van der Waals surface area contributed by atoms with Gasteiger partial charge in [0.2, 0.25) is 11.8 Å². The Kier molecular flexibility index (Phi) is 16.9. The molecule has 5 rings (SSSR count). The van der Waals surface area contributed by atoms with E-state index in [4.69, 9.17) is 42.6 Å². The van der Waals surface area contributed by atoms with Crippen molar-refractivity contribution in [3.63, 3.8) is 0 Å². The molecule has 5 heterocycles. The topological polar surface area (TPSA) is 404 Å². The van der Waals surface area contributed by atoms with Crippen LogP contribution in [0.5, 0.6) is 0 Å². The molecule has 26 heteroatoms. The van der Waals surface area contributed by atoms with Crippen molar-refractivity contribution in [2.24, 2.45) is 0 Å². The normalized spacial score (nSPS) is 50.2. The van der Waals surface area contributed by atoms with E-state index in [9.17, 15) is 76.0 Å². The van der Waals surface area contributed by atoms with E-state index in [1.807, 2.05) is 0 Å². The highest BCUT2D eigenvalue weighted by molar-refractivity contribution is 5.73. The zero-order valence-electron chi connectivity index (χ0n) is 32.9. The van der Waals surface area contributed by atoms with Gasteiger partial charge in [-0.05, 0) is 13.8 Å². The van der Waals surface area contributed by atoms with Crippen LogP contribution in [-0.2, 0) is 52.2 Å². The van der Waals surface area contributed by atoms with E-state index in [2.05, 4.69) is 10.6 Å². The van der Waals surface area contributed by atoms with Crippen molar-refractivity contribution in [1.29, 1.82) is 0 Å². The Morgan fingerprint density at radius 2 is 0.900 bits per heavy atom. The third kappa shape index (κ3) is 10.5. The van der Waals surface area contributed by atoms with Crippen LogP contribution in [-0.4, -0.2) is 251 Å². The molecule has 0 aromatic rings. The fourth-order valence-corrected chi connectivity index (χ4v) is 7.60. The van der Waals surface area contributed by atoms with Crippen molar-refractivity contribution in [1.82, 2.24) is 10.6 Å². The summed E-state index contributed by atoms with van der Waals surface area (Å²) in [4.78, 5) is 24.7. The first-order chi connectivity index (χ1) is 28.2. The zero-order valence-corrected chi connectivity index (χ0v) is 32.9. The second-order valence-electron chi connectivity index (χ2n) is 15.4. The van der Waals surface area contributed by atoms with Crippen molar-refractivity contribution in [3.8, 4) is 0 Å². The van der Waals surface area contributed by atoms with E-state index in [1.165, 1.54) is 13.8 Å². The van der Waals surface area contributed by atoms with Gasteiger partial charge in [-0.1, -0.05) is 0 Å². The molecule has 0 aliphatic carbocycles. The summed E-state index contributed by atoms with van der Waals surface area (Å²) in [5.41, 5.74) is 0. The maximum atomic E-state index is 12.4. The van der Waals surface area contributed by atoms with Gasteiger partial charge in [0.15, 0.2) is 31.5 Å². The van der Waals surface area contributed by atoms with E-state index < -0.39 is 185 Å². The van der Waals surface area contributed by atoms with Crippen LogP contribution in [0.2, 0.25) is 0 Å². The standard InChI is InChI=1S/C34H58N2O24/c1-8-17(41)22(46)25(49)32(53-8)58-28-16(36-11(4)40)31(56-13(6-38)20(28)44)52-7-14-21(45)27(15(30(51)55-14)35-10(3)39)59-34-29(24(48)19(43)12(5-37)57-34)60-33-26(50)23(47)18(42)9(2)54-33/h8-9,12-34,37-38,41-51H,5-7H2,1-4H3,(H,35,39)(H,36,40)/t8-,9-,12+,13+,14+,15+,16+,17+,18+,19-,20+,21-,22+,23+,24-,25-,26-,27+,28+,29+,30?,31+,32-,33-,34-/m0/s1. The predicted molar refractivity (Wildman–Crippen MR) is 187 cm³/mol. The molecule has 0 bridgehead atoms. The monoisotopic (exact) mass is 878 g/mol. The van der Waals surface area contributed by atoms with E-state index in [1.54, 1.807) is 0 Å². The fourth-order valence-electron chi connectivity index (χ4n) is 7.60. The maximum absolute atomic E-state index is 12.4. The molecule has 348 valence electrons. The number of nitrogens with one attached hydrogen (secondary N) is 2. The first-order valence-electron chi connectivity index (χ1n) is 19.3. The fraction of sp³-hybridized carbons (Fsp3) is 0.941. The number of ether oxygens (including phenoxy) is 9. The van der Waals surface area contributed by atoms with E-state index >= 15 is 0 Å². The molecular formula is C34H58N2O24. The molecule has 0 saturated carbocycles. The number of hydrogen-bond acceptors (Lipinski definition) is 24. The molecule has 0 radical (unpaired) electrons. The molecule has 5 saturated heterocycles. The van der Waals surface area contributed by atoms with E-state index in [0.29, 0.717) is 0 Å². The Hall–Kier alpha value is -1.94. The summed E-state index contributed by atoms with van der Waals surface area (Å²) in [5, 5.41) is 143. The predicted octanol–water partition coefficient (Wildman–Crippen LogP) is -9.58. The lowest BCUT2D eigenvalue weighted by molar-refractivity contribution is -0.381. The first-order valence-corrected chi connectivity index (χ1v) is 19.3. The summed E-state index contributed by atoms with van der Waals surface area (Å²) >= 11 is 0. The Morgan fingerprint density at radius 3 is 1.42 bits per heavy atom. The molecule has 5 aliphatic rings. The van der Waals surface area contributed by atoms with Gasteiger partial charge in [-0.3, -0.25) is 9.59 Å². The van der Waals surface area contributed by atoms with Crippen LogP contribution in [0.4, 0.5) is 0 Å². The van der Waals surface area contributed by atoms with Gasteiger partial charge in [-0.15, -0.1) is 0 Å². The van der Waals surface area contributed by atoms with Gasteiger partial charge in [0, 0.05) is 13.8 Å². The lowest BCUT2D eigenvalue weighted by atomic mass is 9.94. The van der Waals surface area contributed by atoms with Crippen LogP contribution < -0.4 is 10.6 Å². The van der Waals surface area contributed by atoms with Crippen molar-refractivity contribution >= 4 is 11.8 Å². The second kappa shape index (κ2) is 20.7. The first kappa shape index (κ1) is 49.1. The summed E-state index contributed by atoms with van der Waals surface area (Å²) in [6.07, 6.45) is -39.0. The summed E-state index contributed by atoms with van der Waals surface area (Å²) in [6, 6.07) is -3.11. The highest BCUT2D eigenvalue weighted by Crippen LogP contribution is 2.34. The van der Waals surface area contributed by atoms with Crippen molar-refractivity contribution in [3.05, 3.63) is 0 Å². The average molecular weight is 879 g/mol. The minimum Gasteiger partial charge on any atom is -0.394 e. The van der Waals surface area contributed by atoms with E-state index in [0.717, 1.165) is 13.8 Å². The molecule has 25 atom stereocenters. The Balaban J connectivity index is 1.39. The molecule has 0 aromatic heterocycles. The van der Waals surface area contributed by atoms with E-state index in [-0.39, 0.29) is 0 Å². The lowest BCUT2D eigenvalue weighted by Crippen LogP contribution is -2.69. The molecule has 5 fully saturated rings. The highest BCUT2D eigenvalue weighted by Gasteiger charge is 2.56. The van der Waals surface area contributed by atoms with Gasteiger partial charge in [0.25, 0.3) is 0 Å². The lowest BCUT2D eigenvalue weighted by Gasteiger charge is -2.49. The minimum atomic E-state index is -2.00. The Bertz CT molecular complexity index is 1410. The molecule has 1 unspecified atom stereocenters. The van der Waals surface area contributed by atoms with Gasteiger partial charge in [0.1, 0.15) is 110 Å². The molecule has 0 spiro atoms. The number of carbonyl (C=O) groups is 2. The van der Waals surface area contributed by atoms with Crippen molar-refractivity contribution < 1.29 is 119 Å². The average Bonchev–Trinajstić information content (AvgIpc) is 3.20. The molecule has 0 aromatic carbocycles. The molecule has 5 aliphatic heterocycles.